The normalized spacial score (nSPS) is 18.1. The first-order chi connectivity index (χ1) is 12.9. The van der Waals surface area contributed by atoms with Gasteiger partial charge >= 0.3 is 0 Å². The van der Waals surface area contributed by atoms with E-state index < -0.39 is 9.84 Å². The van der Waals surface area contributed by atoms with Crippen molar-refractivity contribution in [3.63, 3.8) is 0 Å². The van der Waals surface area contributed by atoms with Crippen LogP contribution in [0.25, 0.3) is 5.69 Å². The summed E-state index contributed by atoms with van der Waals surface area (Å²) in [4.78, 5) is 23.9. The molecule has 1 aliphatic rings. The number of aromatic nitrogens is 1. The van der Waals surface area contributed by atoms with E-state index in [1.54, 1.807) is 0 Å². The number of hydrogen-bond donors (Lipinski definition) is 2. The van der Waals surface area contributed by atoms with Gasteiger partial charge in [-0.25, -0.2) is 8.42 Å². The highest BCUT2D eigenvalue weighted by molar-refractivity contribution is 7.91. The van der Waals surface area contributed by atoms with E-state index in [0.29, 0.717) is 6.42 Å². The van der Waals surface area contributed by atoms with Crippen LogP contribution in [0.3, 0.4) is 0 Å². The molecule has 27 heavy (non-hydrogen) atoms. The first-order valence-electron chi connectivity index (χ1n) is 8.90. The third-order valence-corrected chi connectivity index (χ3v) is 6.24. The topological polar surface area (TPSA) is 97.3 Å². The van der Waals surface area contributed by atoms with Gasteiger partial charge in [-0.15, -0.1) is 0 Å². The molecule has 7 nitrogen and oxygen atoms in total. The summed E-state index contributed by atoms with van der Waals surface area (Å²) in [7, 11) is -3.01. The average molecular weight is 389 g/mol. The minimum Gasteiger partial charge on any atom is -0.355 e. The molecule has 0 radical (unpaired) electrons. The van der Waals surface area contributed by atoms with Gasteiger partial charge in [-0.1, -0.05) is 12.1 Å². The highest BCUT2D eigenvalue weighted by Gasteiger charge is 2.28. The molecule has 2 heterocycles. The highest BCUT2D eigenvalue weighted by atomic mass is 32.2. The summed E-state index contributed by atoms with van der Waals surface area (Å²) in [5.74, 6) is -0.268. The lowest BCUT2D eigenvalue weighted by Gasteiger charge is -2.11. The first kappa shape index (κ1) is 19.2. The van der Waals surface area contributed by atoms with Gasteiger partial charge in [-0.3, -0.25) is 9.59 Å². The Morgan fingerprint density at radius 3 is 2.41 bits per heavy atom. The van der Waals surface area contributed by atoms with Gasteiger partial charge in [-0.05, 0) is 36.2 Å². The molecule has 2 N–H and O–H groups in total. The van der Waals surface area contributed by atoms with E-state index in [4.69, 9.17) is 0 Å². The first-order valence-corrected chi connectivity index (χ1v) is 10.7. The third kappa shape index (κ3) is 5.68. The summed E-state index contributed by atoms with van der Waals surface area (Å²) in [6.45, 7) is 0.228. The maximum absolute atomic E-state index is 12.0. The lowest BCUT2D eigenvalue weighted by molar-refractivity contribution is -0.122. The molecule has 1 atom stereocenters. The predicted molar refractivity (Wildman–Crippen MR) is 102 cm³/mol. The Bertz CT molecular complexity index is 890. The molecule has 2 amide bonds. The number of nitrogens with one attached hydrogen (secondary N) is 2. The zero-order chi connectivity index (χ0) is 19.3. The Balaban J connectivity index is 1.37. The van der Waals surface area contributed by atoms with Crippen LogP contribution < -0.4 is 10.6 Å². The van der Waals surface area contributed by atoms with Gasteiger partial charge in [0.2, 0.25) is 11.8 Å². The standard InChI is InChI=1S/C19H23N3O4S/c23-18(21-16-8-12-27(25,26)14-16)7-9-20-19(24)13-15-3-5-17(6-4-15)22-10-1-2-11-22/h1-6,10-11,16H,7-9,12-14H2,(H,20,24)(H,21,23)/t16-/m0/s1. The van der Waals surface area contributed by atoms with Gasteiger partial charge in [0.15, 0.2) is 9.84 Å². The molecule has 0 unspecified atom stereocenters. The number of carbonyl (C=O) groups excluding carboxylic acids is 2. The molecule has 0 bridgehead atoms. The number of benzene rings is 1. The number of sulfone groups is 1. The second kappa shape index (κ2) is 8.39. The predicted octanol–water partition coefficient (Wildman–Crippen LogP) is 0.829. The van der Waals surface area contributed by atoms with Crippen LogP contribution in [0.1, 0.15) is 18.4 Å². The summed E-state index contributed by atoms with van der Waals surface area (Å²) in [6, 6.07) is 11.3. The minimum absolute atomic E-state index is 0.00407. The maximum Gasteiger partial charge on any atom is 0.224 e. The molecule has 1 aliphatic heterocycles. The number of rotatable bonds is 7. The SMILES string of the molecule is O=C(Cc1ccc(-n2cccc2)cc1)NCCC(=O)N[C@H]1CCS(=O)(=O)C1. The fraction of sp³-hybridized carbons (Fsp3) is 0.368. The van der Waals surface area contributed by atoms with Gasteiger partial charge in [-0.2, -0.15) is 0 Å². The quantitative estimate of drug-likeness (QED) is 0.733. The number of hydrogen-bond acceptors (Lipinski definition) is 4. The van der Waals surface area contributed by atoms with Gasteiger partial charge in [0, 0.05) is 37.1 Å². The monoisotopic (exact) mass is 389 g/mol. The van der Waals surface area contributed by atoms with Crippen molar-refractivity contribution in [3.05, 3.63) is 54.4 Å². The van der Waals surface area contributed by atoms with Crippen molar-refractivity contribution in [2.75, 3.05) is 18.1 Å². The summed E-state index contributed by atoms with van der Waals surface area (Å²) in [5, 5.41) is 5.43. The zero-order valence-electron chi connectivity index (χ0n) is 14.9. The molecule has 0 saturated carbocycles. The van der Waals surface area contributed by atoms with Gasteiger partial charge in [0.1, 0.15) is 0 Å². The molecule has 0 spiro atoms. The van der Waals surface area contributed by atoms with Crippen LogP contribution in [0.2, 0.25) is 0 Å². The fourth-order valence-electron chi connectivity index (χ4n) is 3.06. The van der Waals surface area contributed by atoms with E-state index in [9.17, 15) is 18.0 Å². The van der Waals surface area contributed by atoms with Crippen molar-refractivity contribution in [3.8, 4) is 5.69 Å². The highest BCUT2D eigenvalue weighted by Crippen LogP contribution is 2.12. The number of nitrogens with zero attached hydrogens (tertiary/aromatic N) is 1. The van der Waals surface area contributed by atoms with Crippen molar-refractivity contribution in [1.29, 1.82) is 0 Å². The van der Waals surface area contributed by atoms with Crippen LogP contribution in [0.15, 0.2) is 48.8 Å². The van der Waals surface area contributed by atoms with Crippen molar-refractivity contribution in [2.24, 2.45) is 0 Å². The number of carbonyl (C=O) groups is 2. The van der Waals surface area contributed by atoms with Crippen LogP contribution in [0.5, 0.6) is 0 Å². The van der Waals surface area contributed by atoms with Crippen molar-refractivity contribution in [2.45, 2.75) is 25.3 Å². The van der Waals surface area contributed by atoms with Crippen LogP contribution >= 0.6 is 0 Å². The van der Waals surface area contributed by atoms with E-state index in [-0.39, 0.29) is 48.7 Å². The Morgan fingerprint density at radius 2 is 1.78 bits per heavy atom. The zero-order valence-corrected chi connectivity index (χ0v) is 15.7. The number of amides is 2. The average Bonchev–Trinajstić information content (AvgIpc) is 3.25. The summed E-state index contributed by atoms with van der Waals surface area (Å²) in [6.07, 6.45) is 4.74. The van der Waals surface area contributed by atoms with Gasteiger partial charge in [0.25, 0.3) is 0 Å². The second-order valence-corrected chi connectivity index (χ2v) is 8.93. The maximum atomic E-state index is 12.0. The summed E-state index contributed by atoms with van der Waals surface area (Å²) >= 11 is 0. The van der Waals surface area contributed by atoms with Crippen molar-refractivity contribution < 1.29 is 18.0 Å². The van der Waals surface area contributed by atoms with Crippen LogP contribution in [0, 0.1) is 0 Å². The lowest BCUT2D eigenvalue weighted by atomic mass is 10.1. The molecule has 3 rings (SSSR count). The van der Waals surface area contributed by atoms with Crippen molar-refractivity contribution >= 4 is 21.7 Å². The minimum atomic E-state index is -3.01. The van der Waals surface area contributed by atoms with Gasteiger partial charge < -0.3 is 15.2 Å². The fourth-order valence-corrected chi connectivity index (χ4v) is 4.74. The van der Waals surface area contributed by atoms with Crippen LogP contribution in [0.4, 0.5) is 0 Å². The van der Waals surface area contributed by atoms with Crippen molar-refractivity contribution in [1.82, 2.24) is 15.2 Å². The Kier molecular flexibility index (Phi) is 5.95. The second-order valence-electron chi connectivity index (χ2n) is 6.70. The molecular formula is C19H23N3O4S. The van der Waals surface area contributed by atoms with E-state index in [2.05, 4.69) is 10.6 Å². The van der Waals surface area contributed by atoms with E-state index in [0.717, 1.165) is 11.3 Å². The van der Waals surface area contributed by atoms with Crippen LogP contribution in [-0.4, -0.2) is 48.9 Å². The molecule has 8 heteroatoms. The van der Waals surface area contributed by atoms with E-state index in [1.165, 1.54) is 0 Å². The lowest BCUT2D eigenvalue weighted by Crippen LogP contribution is -2.37. The summed E-state index contributed by atoms with van der Waals surface area (Å²) in [5.41, 5.74) is 1.92. The third-order valence-electron chi connectivity index (χ3n) is 4.48. The van der Waals surface area contributed by atoms with E-state index in [1.807, 2.05) is 53.4 Å². The van der Waals surface area contributed by atoms with E-state index >= 15 is 0 Å². The molecule has 1 fully saturated rings. The molecule has 1 aromatic carbocycles. The Hall–Kier alpha value is -2.61. The largest absolute Gasteiger partial charge is 0.355 e. The molecule has 144 valence electrons. The van der Waals surface area contributed by atoms with Gasteiger partial charge in [0.05, 0.1) is 17.9 Å². The molecular weight excluding hydrogens is 366 g/mol. The Morgan fingerprint density at radius 1 is 1.07 bits per heavy atom. The Labute approximate surface area is 158 Å². The smallest absolute Gasteiger partial charge is 0.224 e. The van der Waals surface area contributed by atoms with Crippen LogP contribution in [-0.2, 0) is 25.8 Å². The molecule has 1 saturated heterocycles. The molecule has 2 aromatic rings. The molecule has 1 aromatic heterocycles. The molecule has 0 aliphatic carbocycles. The summed E-state index contributed by atoms with van der Waals surface area (Å²) < 4.78 is 24.7.